The molecule has 2 rings (SSSR count). The molecule has 0 spiro atoms. The van der Waals surface area contributed by atoms with Gasteiger partial charge in [0.05, 0.1) is 16.5 Å². The zero-order valence-corrected chi connectivity index (χ0v) is 10.6. The number of imidazole rings is 1. The summed E-state index contributed by atoms with van der Waals surface area (Å²) in [5.41, 5.74) is 0.432. The van der Waals surface area contributed by atoms with Crippen molar-refractivity contribution in [2.24, 2.45) is 0 Å². The smallest absolute Gasteiger partial charge is 0.313 e. The Bertz CT molecular complexity index is 588. The summed E-state index contributed by atoms with van der Waals surface area (Å²) >= 11 is 7.02. The molecule has 0 amide bonds. The Morgan fingerprint density at radius 2 is 2.33 bits per heavy atom. The molecule has 94 valence electrons. The summed E-state index contributed by atoms with van der Waals surface area (Å²) in [4.78, 5) is 14.5. The number of carboxylic acids is 1. The van der Waals surface area contributed by atoms with Crippen LogP contribution in [0.15, 0.2) is 35.7 Å². The highest BCUT2D eigenvalue weighted by atomic mass is 35.5. The fourth-order valence-corrected chi connectivity index (χ4v) is 2.27. The zero-order chi connectivity index (χ0) is 13.1. The van der Waals surface area contributed by atoms with Gasteiger partial charge < -0.3 is 5.11 Å². The van der Waals surface area contributed by atoms with Gasteiger partial charge in [0, 0.05) is 12.4 Å². The zero-order valence-electron chi connectivity index (χ0n) is 9.01. The van der Waals surface area contributed by atoms with Crippen LogP contribution in [0.2, 0.25) is 5.02 Å². The molecule has 0 aliphatic carbocycles. The van der Waals surface area contributed by atoms with Crippen molar-refractivity contribution in [3.63, 3.8) is 0 Å². The predicted molar refractivity (Wildman–Crippen MR) is 66.9 cm³/mol. The molecule has 0 aliphatic heterocycles. The summed E-state index contributed by atoms with van der Waals surface area (Å²) in [6.07, 6.45) is 3.11. The first-order valence-corrected chi connectivity index (χ1v) is 6.27. The van der Waals surface area contributed by atoms with Gasteiger partial charge in [0.2, 0.25) is 0 Å². The molecule has 1 heterocycles. The van der Waals surface area contributed by atoms with Crippen LogP contribution in [-0.4, -0.2) is 26.4 Å². The molecule has 0 unspecified atom stereocenters. The quantitative estimate of drug-likeness (QED) is 0.878. The Morgan fingerprint density at radius 3 is 3.06 bits per heavy atom. The van der Waals surface area contributed by atoms with Gasteiger partial charge in [0.15, 0.2) is 5.16 Å². The second kappa shape index (κ2) is 5.41. The van der Waals surface area contributed by atoms with E-state index in [1.807, 2.05) is 0 Å². The number of benzene rings is 1. The third-order valence-electron chi connectivity index (χ3n) is 2.10. The molecule has 0 atom stereocenters. The summed E-state index contributed by atoms with van der Waals surface area (Å²) < 4.78 is 14.7. The number of halogens is 2. The van der Waals surface area contributed by atoms with Gasteiger partial charge in [-0.2, -0.15) is 0 Å². The van der Waals surface area contributed by atoms with Crippen LogP contribution in [0.4, 0.5) is 4.39 Å². The van der Waals surface area contributed by atoms with Crippen molar-refractivity contribution in [3.05, 3.63) is 41.4 Å². The van der Waals surface area contributed by atoms with Crippen LogP contribution < -0.4 is 0 Å². The third-order valence-corrected chi connectivity index (χ3v) is 3.37. The molecule has 7 heteroatoms. The largest absolute Gasteiger partial charge is 0.481 e. The van der Waals surface area contributed by atoms with E-state index in [1.165, 1.54) is 24.4 Å². The summed E-state index contributed by atoms with van der Waals surface area (Å²) in [6, 6.07) is 3.97. The molecule has 0 saturated heterocycles. The minimum atomic E-state index is -0.945. The van der Waals surface area contributed by atoms with Crippen molar-refractivity contribution >= 4 is 29.3 Å². The number of aromatic nitrogens is 2. The summed E-state index contributed by atoms with van der Waals surface area (Å²) in [5, 5.41) is 9.44. The first kappa shape index (κ1) is 12.9. The van der Waals surface area contributed by atoms with Crippen LogP contribution in [0.5, 0.6) is 0 Å². The lowest BCUT2D eigenvalue weighted by atomic mass is 10.3. The molecular formula is C11H8ClFN2O2S. The average Bonchev–Trinajstić information content (AvgIpc) is 2.77. The highest BCUT2D eigenvalue weighted by Gasteiger charge is 2.11. The van der Waals surface area contributed by atoms with Gasteiger partial charge >= 0.3 is 5.97 Å². The maximum Gasteiger partial charge on any atom is 0.313 e. The van der Waals surface area contributed by atoms with Crippen LogP contribution in [-0.2, 0) is 4.79 Å². The number of thioether (sulfide) groups is 1. The molecule has 0 radical (unpaired) electrons. The number of carbonyl (C=O) groups is 1. The molecule has 2 aromatic rings. The number of rotatable bonds is 4. The minimum absolute atomic E-state index is 0.121. The second-order valence-electron chi connectivity index (χ2n) is 3.36. The molecular weight excluding hydrogens is 279 g/mol. The van der Waals surface area contributed by atoms with Crippen molar-refractivity contribution < 1.29 is 14.3 Å². The van der Waals surface area contributed by atoms with Crippen LogP contribution in [0, 0.1) is 5.82 Å². The van der Waals surface area contributed by atoms with Crippen molar-refractivity contribution in [1.29, 1.82) is 0 Å². The molecule has 0 saturated carbocycles. The molecule has 1 N–H and O–H groups in total. The van der Waals surface area contributed by atoms with E-state index < -0.39 is 11.8 Å². The van der Waals surface area contributed by atoms with E-state index in [9.17, 15) is 9.18 Å². The van der Waals surface area contributed by atoms with E-state index >= 15 is 0 Å². The fourth-order valence-electron chi connectivity index (χ4n) is 1.38. The average molecular weight is 287 g/mol. The van der Waals surface area contributed by atoms with Gasteiger partial charge in [-0.15, -0.1) is 0 Å². The van der Waals surface area contributed by atoms with E-state index in [2.05, 4.69) is 4.98 Å². The van der Waals surface area contributed by atoms with E-state index in [1.54, 1.807) is 10.8 Å². The topological polar surface area (TPSA) is 55.1 Å². The normalized spacial score (nSPS) is 10.6. The van der Waals surface area contributed by atoms with Crippen LogP contribution >= 0.6 is 23.4 Å². The maximum atomic E-state index is 13.2. The van der Waals surface area contributed by atoms with Crippen LogP contribution in [0.3, 0.4) is 0 Å². The summed E-state index contributed by atoms with van der Waals surface area (Å²) in [5.74, 6) is -1.48. The lowest BCUT2D eigenvalue weighted by Gasteiger charge is -2.08. The van der Waals surface area contributed by atoms with E-state index in [0.29, 0.717) is 15.9 Å². The molecule has 1 aromatic carbocycles. The standard InChI is InChI=1S/C11H8ClFN2O2S/c12-8-2-1-7(13)5-9(8)15-4-3-14-11(15)18-6-10(16)17/h1-5H,6H2,(H,16,17). The Balaban J connectivity index is 2.36. The van der Waals surface area contributed by atoms with E-state index in [0.717, 1.165) is 11.8 Å². The molecule has 0 bridgehead atoms. The van der Waals surface area contributed by atoms with Gasteiger partial charge in [0.25, 0.3) is 0 Å². The Labute approximate surface area is 111 Å². The summed E-state index contributed by atoms with van der Waals surface area (Å²) in [7, 11) is 0. The first-order chi connectivity index (χ1) is 8.58. The highest BCUT2D eigenvalue weighted by Crippen LogP contribution is 2.26. The van der Waals surface area contributed by atoms with Gasteiger partial charge in [-0.05, 0) is 18.2 Å². The van der Waals surface area contributed by atoms with Crippen molar-refractivity contribution in [1.82, 2.24) is 9.55 Å². The second-order valence-corrected chi connectivity index (χ2v) is 4.71. The molecule has 0 fully saturated rings. The lowest BCUT2D eigenvalue weighted by molar-refractivity contribution is -0.133. The fraction of sp³-hybridized carbons (Fsp3) is 0.0909. The number of nitrogens with zero attached hydrogens (tertiary/aromatic N) is 2. The first-order valence-electron chi connectivity index (χ1n) is 4.91. The Kier molecular flexibility index (Phi) is 3.88. The Hall–Kier alpha value is -1.53. The van der Waals surface area contributed by atoms with Gasteiger partial charge in [0.1, 0.15) is 5.82 Å². The molecule has 4 nitrogen and oxygen atoms in total. The third kappa shape index (κ3) is 2.83. The van der Waals surface area contributed by atoms with Crippen LogP contribution in [0.25, 0.3) is 5.69 Å². The van der Waals surface area contributed by atoms with E-state index in [4.69, 9.17) is 16.7 Å². The Morgan fingerprint density at radius 1 is 1.56 bits per heavy atom. The number of hydrogen-bond donors (Lipinski definition) is 1. The van der Waals surface area contributed by atoms with Gasteiger partial charge in [-0.25, -0.2) is 9.37 Å². The molecule has 18 heavy (non-hydrogen) atoms. The number of hydrogen-bond acceptors (Lipinski definition) is 3. The monoisotopic (exact) mass is 286 g/mol. The molecule has 0 aliphatic rings. The van der Waals surface area contributed by atoms with Gasteiger partial charge in [-0.3, -0.25) is 9.36 Å². The molecule has 1 aromatic heterocycles. The predicted octanol–water partition coefficient (Wildman–Crippen LogP) is 2.84. The van der Waals surface area contributed by atoms with E-state index in [-0.39, 0.29) is 5.75 Å². The lowest BCUT2D eigenvalue weighted by Crippen LogP contribution is -2.02. The van der Waals surface area contributed by atoms with Crippen molar-refractivity contribution in [2.75, 3.05) is 5.75 Å². The van der Waals surface area contributed by atoms with Crippen molar-refractivity contribution in [3.8, 4) is 5.69 Å². The number of aliphatic carboxylic acids is 1. The van der Waals surface area contributed by atoms with Crippen molar-refractivity contribution in [2.45, 2.75) is 5.16 Å². The maximum absolute atomic E-state index is 13.2. The SMILES string of the molecule is O=C(O)CSc1nccn1-c1cc(F)ccc1Cl. The number of carboxylic acid groups (broad SMARTS) is 1. The minimum Gasteiger partial charge on any atom is -0.481 e. The van der Waals surface area contributed by atoms with Crippen LogP contribution in [0.1, 0.15) is 0 Å². The summed E-state index contributed by atoms with van der Waals surface area (Å²) in [6.45, 7) is 0. The van der Waals surface area contributed by atoms with Gasteiger partial charge in [-0.1, -0.05) is 23.4 Å². The highest BCUT2D eigenvalue weighted by molar-refractivity contribution is 7.99.